The Balaban J connectivity index is 2.37. The van der Waals surface area contributed by atoms with Gasteiger partial charge in [-0.25, -0.2) is 4.98 Å². The van der Waals surface area contributed by atoms with Crippen LogP contribution in [0.1, 0.15) is 0 Å². The molecule has 0 saturated carbocycles. The minimum Gasteiger partial charge on any atom is -0.359 e. The third-order valence-corrected chi connectivity index (χ3v) is 2.93. The van der Waals surface area contributed by atoms with Crippen molar-refractivity contribution in [3.63, 3.8) is 0 Å². The molecule has 15 heavy (non-hydrogen) atoms. The molecule has 0 aliphatic heterocycles. The van der Waals surface area contributed by atoms with Crippen LogP contribution in [0.2, 0.25) is 0 Å². The number of nitrogens with one attached hydrogen (secondary N) is 1. The Hall–Kier alpha value is -1.55. The first-order valence-corrected chi connectivity index (χ1v) is 5.42. The Morgan fingerprint density at radius 3 is 2.93 bits per heavy atom. The van der Waals surface area contributed by atoms with E-state index >= 15 is 0 Å². The van der Waals surface area contributed by atoms with Gasteiger partial charge in [-0.1, -0.05) is 6.07 Å². The van der Waals surface area contributed by atoms with Crippen LogP contribution in [-0.4, -0.2) is 14.4 Å². The van der Waals surface area contributed by atoms with Gasteiger partial charge >= 0.3 is 0 Å². The molecule has 3 rings (SSSR count). The molecule has 74 valence electrons. The van der Waals surface area contributed by atoms with Crippen molar-refractivity contribution in [1.82, 2.24) is 14.4 Å². The van der Waals surface area contributed by atoms with Gasteiger partial charge in [0.25, 0.3) is 0 Å². The molecule has 0 bridgehead atoms. The lowest BCUT2D eigenvalue weighted by Gasteiger charge is -1.97. The predicted octanol–water partition coefficient (Wildman–Crippen LogP) is 3.09. The second-order valence-corrected chi connectivity index (χ2v) is 4.02. The Bertz CT molecular complexity index is 595. The molecule has 0 fully saturated rings. The summed E-state index contributed by atoms with van der Waals surface area (Å²) >= 11 is 3.46. The lowest BCUT2D eigenvalue weighted by atomic mass is 10.4. The van der Waals surface area contributed by atoms with Crippen molar-refractivity contribution in [2.45, 2.75) is 0 Å². The first kappa shape index (κ1) is 8.73. The van der Waals surface area contributed by atoms with Gasteiger partial charge in [0.15, 0.2) is 5.82 Å². The second kappa shape index (κ2) is 3.24. The molecule has 3 aromatic rings. The van der Waals surface area contributed by atoms with Crippen LogP contribution < -0.4 is 0 Å². The number of nitrogens with zero attached hydrogens (tertiary/aromatic N) is 2. The fourth-order valence-corrected chi connectivity index (χ4v) is 2.15. The normalized spacial score (nSPS) is 11.0. The lowest BCUT2D eigenvalue weighted by molar-refractivity contribution is 1.14. The largest absolute Gasteiger partial charge is 0.359 e. The molecule has 0 radical (unpaired) electrons. The number of aromatic amines is 1. The van der Waals surface area contributed by atoms with Crippen LogP contribution in [0.15, 0.2) is 47.3 Å². The van der Waals surface area contributed by atoms with Gasteiger partial charge in [-0.3, -0.25) is 4.40 Å². The Morgan fingerprint density at radius 2 is 2.13 bits per heavy atom. The van der Waals surface area contributed by atoms with Gasteiger partial charge in [0.2, 0.25) is 0 Å². The monoisotopic (exact) mass is 261 g/mol. The average Bonchev–Trinajstić information content (AvgIpc) is 2.87. The van der Waals surface area contributed by atoms with Crippen molar-refractivity contribution >= 4 is 21.4 Å². The van der Waals surface area contributed by atoms with Gasteiger partial charge in [0, 0.05) is 12.4 Å². The molecule has 0 aliphatic rings. The summed E-state index contributed by atoms with van der Waals surface area (Å²) in [7, 11) is 0. The van der Waals surface area contributed by atoms with E-state index in [0.717, 1.165) is 21.6 Å². The molecular formula is C11H8BrN3. The number of imidazole rings is 1. The topological polar surface area (TPSA) is 33.1 Å². The summed E-state index contributed by atoms with van der Waals surface area (Å²) in [6.45, 7) is 0. The third kappa shape index (κ3) is 1.29. The van der Waals surface area contributed by atoms with Crippen molar-refractivity contribution in [2.24, 2.45) is 0 Å². The van der Waals surface area contributed by atoms with Gasteiger partial charge < -0.3 is 4.98 Å². The minimum atomic E-state index is 0.868. The molecule has 0 aromatic carbocycles. The van der Waals surface area contributed by atoms with E-state index in [9.17, 15) is 0 Å². The smallest absolute Gasteiger partial charge is 0.162 e. The van der Waals surface area contributed by atoms with Gasteiger partial charge in [0.05, 0.1) is 11.2 Å². The van der Waals surface area contributed by atoms with E-state index in [2.05, 4.69) is 30.3 Å². The number of pyridine rings is 1. The van der Waals surface area contributed by atoms with Crippen molar-refractivity contribution in [1.29, 1.82) is 0 Å². The zero-order valence-electron chi connectivity index (χ0n) is 7.81. The van der Waals surface area contributed by atoms with E-state index in [1.807, 2.05) is 42.7 Å². The van der Waals surface area contributed by atoms with Gasteiger partial charge in [-0.05, 0) is 40.2 Å². The molecule has 0 aliphatic carbocycles. The van der Waals surface area contributed by atoms with Crippen molar-refractivity contribution in [3.8, 4) is 11.5 Å². The summed E-state index contributed by atoms with van der Waals surface area (Å²) < 4.78 is 2.92. The van der Waals surface area contributed by atoms with Crippen LogP contribution in [0.25, 0.3) is 17.0 Å². The summed E-state index contributed by atoms with van der Waals surface area (Å²) in [5.41, 5.74) is 2.09. The molecule has 3 aromatic heterocycles. The van der Waals surface area contributed by atoms with E-state index in [-0.39, 0.29) is 0 Å². The van der Waals surface area contributed by atoms with Crippen LogP contribution in [0.4, 0.5) is 0 Å². The molecule has 0 unspecified atom stereocenters. The molecule has 3 nitrogen and oxygen atoms in total. The Labute approximate surface area is 94.9 Å². The molecule has 3 heterocycles. The van der Waals surface area contributed by atoms with Crippen molar-refractivity contribution in [2.75, 3.05) is 0 Å². The maximum absolute atomic E-state index is 4.48. The highest BCUT2D eigenvalue weighted by Crippen LogP contribution is 2.24. The SMILES string of the molecule is Brc1nc(-c2ccc[nH]2)n2ccccc12. The molecule has 0 atom stereocenters. The first-order chi connectivity index (χ1) is 7.36. The van der Waals surface area contributed by atoms with Gasteiger partial charge in [-0.2, -0.15) is 0 Å². The lowest BCUT2D eigenvalue weighted by Crippen LogP contribution is -1.87. The Kier molecular flexibility index (Phi) is 1.89. The molecular weight excluding hydrogens is 254 g/mol. The standard InChI is InChI=1S/C11H8BrN3/c12-10-9-5-1-2-7-15(9)11(14-10)8-4-3-6-13-8/h1-7,13H. The van der Waals surface area contributed by atoms with Crippen LogP contribution in [0.5, 0.6) is 0 Å². The van der Waals surface area contributed by atoms with E-state index in [4.69, 9.17) is 0 Å². The number of H-pyrrole nitrogens is 1. The van der Waals surface area contributed by atoms with Crippen LogP contribution in [0, 0.1) is 0 Å². The van der Waals surface area contributed by atoms with Crippen LogP contribution in [-0.2, 0) is 0 Å². The van der Waals surface area contributed by atoms with Crippen LogP contribution >= 0.6 is 15.9 Å². The van der Waals surface area contributed by atoms with Crippen molar-refractivity contribution in [3.05, 3.63) is 47.3 Å². The number of halogens is 1. The molecule has 1 N–H and O–H groups in total. The van der Waals surface area contributed by atoms with Gasteiger partial charge in [-0.15, -0.1) is 0 Å². The summed E-state index contributed by atoms with van der Waals surface area (Å²) in [4.78, 5) is 7.64. The zero-order chi connectivity index (χ0) is 10.3. The van der Waals surface area contributed by atoms with E-state index in [0.29, 0.717) is 0 Å². The number of fused-ring (bicyclic) bond motifs is 1. The van der Waals surface area contributed by atoms with Crippen LogP contribution in [0.3, 0.4) is 0 Å². The molecule has 0 saturated heterocycles. The Morgan fingerprint density at radius 1 is 1.20 bits per heavy atom. The third-order valence-electron chi connectivity index (χ3n) is 2.34. The molecule has 4 heteroatoms. The number of hydrogen-bond donors (Lipinski definition) is 1. The fraction of sp³-hybridized carbons (Fsp3) is 0. The van der Waals surface area contributed by atoms with Gasteiger partial charge in [0.1, 0.15) is 4.60 Å². The summed E-state index contributed by atoms with van der Waals surface area (Å²) in [5.74, 6) is 0.919. The predicted molar refractivity (Wildman–Crippen MR) is 62.7 cm³/mol. The number of rotatable bonds is 1. The average molecular weight is 262 g/mol. The summed E-state index contributed by atoms with van der Waals surface area (Å²) in [6.07, 6.45) is 3.90. The van der Waals surface area contributed by atoms with E-state index < -0.39 is 0 Å². The highest BCUT2D eigenvalue weighted by molar-refractivity contribution is 9.10. The quantitative estimate of drug-likeness (QED) is 0.718. The van der Waals surface area contributed by atoms with Crippen molar-refractivity contribution < 1.29 is 0 Å². The molecule has 0 spiro atoms. The highest BCUT2D eigenvalue weighted by Gasteiger charge is 2.09. The first-order valence-electron chi connectivity index (χ1n) is 4.62. The summed E-state index contributed by atoms with van der Waals surface area (Å²) in [6, 6.07) is 10.00. The number of aromatic nitrogens is 3. The van der Waals surface area contributed by atoms with E-state index in [1.165, 1.54) is 0 Å². The molecule has 0 amide bonds. The highest BCUT2D eigenvalue weighted by atomic mass is 79.9. The zero-order valence-corrected chi connectivity index (χ0v) is 9.40. The van der Waals surface area contributed by atoms with E-state index in [1.54, 1.807) is 0 Å². The second-order valence-electron chi connectivity index (χ2n) is 3.27. The summed E-state index contributed by atoms with van der Waals surface area (Å²) in [5, 5.41) is 0. The minimum absolute atomic E-state index is 0.868. The maximum atomic E-state index is 4.48. The maximum Gasteiger partial charge on any atom is 0.162 e. The fourth-order valence-electron chi connectivity index (χ4n) is 1.66. The number of hydrogen-bond acceptors (Lipinski definition) is 1.